The molecule has 0 spiro atoms. The maximum atomic E-state index is 12.0. The Morgan fingerprint density at radius 3 is 3.05 bits per heavy atom. The van der Waals surface area contributed by atoms with Gasteiger partial charge in [-0.1, -0.05) is 16.8 Å². The molecular formula is C12H14ClN5O2. The molecule has 0 bridgehead atoms. The predicted octanol–water partition coefficient (Wildman–Crippen LogP) is 1.15. The van der Waals surface area contributed by atoms with Crippen LogP contribution in [0.1, 0.15) is 10.5 Å². The van der Waals surface area contributed by atoms with Crippen LogP contribution in [0.15, 0.2) is 24.4 Å². The van der Waals surface area contributed by atoms with E-state index in [-0.39, 0.29) is 11.6 Å². The van der Waals surface area contributed by atoms with Gasteiger partial charge < -0.3 is 15.8 Å². The van der Waals surface area contributed by atoms with Crippen molar-refractivity contribution in [1.82, 2.24) is 15.0 Å². The summed E-state index contributed by atoms with van der Waals surface area (Å²) in [5.74, 6) is 0.119. The van der Waals surface area contributed by atoms with Crippen molar-refractivity contribution in [3.05, 3.63) is 35.1 Å². The summed E-state index contributed by atoms with van der Waals surface area (Å²) in [6.45, 7) is 0.938. The highest BCUT2D eigenvalue weighted by molar-refractivity contribution is 6.32. The number of amides is 1. The first kappa shape index (κ1) is 14.3. The van der Waals surface area contributed by atoms with E-state index in [1.807, 2.05) is 0 Å². The molecule has 0 saturated heterocycles. The van der Waals surface area contributed by atoms with Gasteiger partial charge in [0, 0.05) is 18.3 Å². The second kappa shape index (κ2) is 6.36. The second-order valence-electron chi connectivity index (χ2n) is 3.96. The van der Waals surface area contributed by atoms with Gasteiger partial charge in [0.15, 0.2) is 5.69 Å². The Morgan fingerprint density at radius 1 is 1.55 bits per heavy atom. The summed E-state index contributed by atoms with van der Waals surface area (Å²) in [6.07, 6.45) is 1.54. The van der Waals surface area contributed by atoms with Crippen molar-refractivity contribution in [2.75, 3.05) is 19.0 Å². The van der Waals surface area contributed by atoms with Gasteiger partial charge in [-0.2, -0.15) is 0 Å². The third-order valence-electron chi connectivity index (χ3n) is 2.54. The normalized spacial score (nSPS) is 10.3. The van der Waals surface area contributed by atoms with Crippen molar-refractivity contribution in [3.8, 4) is 5.75 Å². The highest BCUT2D eigenvalue weighted by Gasteiger charge is 2.12. The van der Waals surface area contributed by atoms with Gasteiger partial charge in [0.1, 0.15) is 5.75 Å². The van der Waals surface area contributed by atoms with Crippen LogP contribution >= 0.6 is 11.6 Å². The number of rotatable bonds is 5. The molecule has 0 unspecified atom stereocenters. The first-order chi connectivity index (χ1) is 9.63. The van der Waals surface area contributed by atoms with Gasteiger partial charge >= 0.3 is 0 Å². The molecule has 20 heavy (non-hydrogen) atoms. The lowest BCUT2D eigenvalue weighted by molar-refractivity contribution is 0.102. The summed E-state index contributed by atoms with van der Waals surface area (Å²) in [4.78, 5) is 12.0. The lowest BCUT2D eigenvalue weighted by Gasteiger charge is -2.07. The van der Waals surface area contributed by atoms with Crippen LogP contribution in [0.2, 0.25) is 5.02 Å². The molecule has 7 nitrogen and oxygen atoms in total. The van der Waals surface area contributed by atoms with E-state index in [9.17, 15) is 4.79 Å². The Hall–Kier alpha value is -2.12. The topological polar surface area (TPSA) is 95.1 Å². The number of carbonyl (C=O) groups is 1. The van der Waals surface area contributed by atoms with Crippen molar-refractivity contribution >= 4 is 23.2 Å². The van der Waals surface area contributed by atoms with E-state index in [2.05, 4.69) is 15.6 Å². The Morgan fingerprint density at radius 2 is 2.35 bits per heavy atom. The quantitative estimate of drug-likeness (QED) is 0.863. The fourth-order valence-corrected chi connectivity index (χ4v) is 1.77. The van der Waals surface area contributed by atoms with Crippen molar-refractivity contribution in [2.24, 2.45) is 5.73 Å². The maximum absolute atomic E-state index is 12.0. The predicted molar refractivity (Wildman–Crippen MR) is 75.0 cm³/mol. The van der Waals surface area contributed by atoms with Crippen LogP contribution in [0.3, 0.4) is 0 Å². The molecule has 106 valence electrons. The summed E-state index contributed by atoms with van der Waals surface area (Å²) in [5.41, 5.74) is 6.18. The summed E-state index contributed by atoms with van der Waals surface area (Å²) < 4.78 is 6.59. The minimum atomic E-state index is -0.363. The minimum Gasteiger partial charge on any atom is -0.495 e. The number of carbonyl (C=O) groups excluding carboxylic acids is 1. The number of hydrogen-bond acceptors (Lipinski definition) is 5. The number of aromatic nitrogens is 3. The number of ether oxygens (including phenoxy) is 1. The number of methoxy groups -OCH3 is 1. The molecule has 2 rings (SSSR count). The van der Waals surface area contributed by atoms with Crippen LogP contribution in [0, 0.1) is 0 Å². The first-order valence-electron chi connectivity index (χ1n) is 5.89. The number of nitrogens with one attached hydrogen (secondary N) is 1. The molecule has 0 aliphatic heterocycles. The first-order valence-corrected chi connectivity index (χ1v) is 6.27. The van der Waals surface area contributed by atoms with Crippen molar-refractivity contribution in [2.45, 2.75) is 6.54 Å². The van der Waals surface area contributed by atoms with E-state index in [1.54, 1.807) is 18.2 Å². The molecular weight excluding hydrogens is 282 g/mol. The number of nitrogens with zero attached hydrogens (tertiary/aromatic N) is 3. The molecule has 8 heteroatoms. The SMILES string of the molecule is COc1cc(NC(=O)c2cn(CCN)nn2)ccc1Cl. The number of benzene rings is 1. The monoisotopic (exact) mass is 295 g/mol. The summed E-state index contributed by atoms with van der Waals surface area (Å²) in [6, 6.07) is 4.94. The minimum absolute atomic E-state index is 0.215. The lowest BCUT2D eigenvalue weighted by atomic mass is 10.3. The zero-order valence-electron chi connectivity index (χ0n) is 10.8. The average molecular weight is 296 g/mol. The standard InChI is InChI=1S/C12H14ClN5O2/c1-20-11-6-8(2-3-9(11)13)15-12(19)10-7-18(5-4-14)17-16-10/h2-3,6-7H,4-5,14H2,1H3,(H,15,19). The summed E-state index contributed by atoms with van der Waals surface area (Å²) in [5, 5.41) is 10.7. The van der Waals surface area contributed by atoms with Crippen LogP contribution in [0.5, 0.6) is 5.75 Å². The average Bonchev–Trinajstić information content (AvgIpc) is 2.90. The highest BCUT2D eigenvalue weighted by atomic mass is 35.5. The molecule has 1 amide bonds. The number of hydrogen-bond donors (Lipinski definition) is 2. The lowest BCUT2D eigenvalue weighted by Crippen LogP contribution is -2.13. The molecule has 0 fully saturated rings. The second-order valence-corrected chi connectivity index (χ2v) is 4.37. The smallest absolute Gasteiger partial charge is 0.277 e. The molecule has 0 aliphatic rings. The van der Waals surface area contributed by atoms with Gasteiger partial charge in [-0.25, -0.2) is 0 Å². The molecule has 2 aromatic rings. The molecule has 1 heterocycles. The maximum Gasteiger partial charge on any atom is 0.277 e. The fraction of sp³-hybridized carbons (Fsp3) is 0.250. The van der Waals surface area contributed by atoms with Crippen molar-refractivity contribution in [3.63, 3.8) is 0 Å². The third kappa shape index (κ3) is 3.25. The zero-order chi connectivity index (χ0) is 14.5. The zero-order valence-corrected chi connectivity index (χ0v) is 11.6. The molecule has 1 aromatic heterocycles. The van der Waals surface area contributed by atoms with Gasteiger partial charge in [-0.3, -0.25) is 9.48 Å². The van der Waals surface area contributed by atoms with Gasteiger partial charge in [0.25, 0.3) is 5.91 Å². The Labute approximate surface area is 120 Å². The van der Waals surface area contributed by atoms with Crippen LogP contribution in [-0.4, -0.2) is 34.6 Å². The van der Waals surface area contributed by atoms with Gasteiger partial charge in [0.2, 0.25) is 0 Å². The van der Waals surface area contributed by atoms with E-state index < -0.39 is 0 Å². The number of halogens is 1. The fourth-order valence-electron chi connectivity index (χ4n) is 1.58. The summed E-state index contributed by atoms with van der Waals surface area (Å²) in [7, 11) is 1.51. The van der Waals surface area contributed by atoms with Crippen molar-refractivity contribution < 1.29 is 9.53 Å². The van der Waals surface area contributed by atoms with Gasteiger partial charge in [-0.05, 0) is 12.1 Å². The number of nitrogens with two attached hydrogens (primary N) is 1. The third-order valence-corrected chi connectivity index (χ3v) is 2.85. The van der Waals surface area contributed by atoms with E-state index in [4.69, 9.17) is 22.1 Å². The van der Waals surface area contributed by atoms with Gasteiger partial charge in [-0.15, -0.1) is 5.10 Å². The van der Waals surface area contributed by atoms with E-state index in [1.165, 1.54) is 18.0 Å². The number of anilines is 1. The molecule has 0 radical (unpaired) electrons. The van der Waals surface area contributed by atoms with Crippen molar-refractivity contribution in [1.29, 1.82) is 0 Å². The van der Waals surface area contributed by atoms with E-state index >= 15 is 0 Å². The van der Waals surface area contributed by atoms with E-state index in [0.717, 1.165) is 0 Å². The molecule has 1 aromatic carbocycles. The Balaban J connectivity index is 2.10. The van der Waals surface area contributed by atoms with Crippen LogP contribution in [0.25, 0.3) is 0 Å². The largest absolute Gasteiger partial charge is 0.495 e. The van der Waals surface area contributed by atoms with Crippen LogP contribution in [-0.2, 0) is 6.54 Å². The summed E-state index contributed by atoms with van der Waals surface area (Å²) >= 11 is 5.91. The highest BCUT2D eigenvalue weighted by Crippen LogP contribution is 2.27. The molecule has 0 atom stereocenters. The molecule has 0 aliphatic carbocycles. The van der Waals surface area contributed by atoms with Crippen LogP contribution < -0.4 is 15.8 Å². The van der Waals surface area contributed by atoms with Gasteiger partial charge in [0.05, 0.1) is 24.9 Å². The Bertz CT molecular complexity index is 614. The Kier molecular flexibility index (Phi) is 4.54. The molecule has 0 saturated carbocycles. The van der Waals surface area contributed by atoms with Crippen LogP contribution in [0.4, 0.5) is 5.69 Å². The molecule has 3 N–H and O–H groups in total. The van der Waals surface area contributed by atoms with E-state index in [0.29, 0.717) is 29.5 Å².